The molecule has 3 heterocycles. The Morgan fingerprint density at radius 3 is 2.44 bits per heavy atom. The highest BCUT2D eigenvalue weighted by molar-refractivity contribution is 7.90. The van der Waals surface area contributed by atoms with Gasteiger partial charge in [-0.3, -0.25) is 0 Å². The molecule has 4 rings (SSSR count). The molecule has 1 saturated heterocycles. The van der Waals surface area contributed by atoms with Crippen molar-refractivity contribution in [3.63, 3.8) is 0 Å². The summed E-state index contributed by atoms with van der Waals surface area (Å²) in [7, 11) is -4.18. The molecular formula is C24H29ClFN5O4S. The Kier molecular flexibility index (Phi) is 6.67. The van der Waals surface area contributed by atoms with E-state index in [1.807, 2.05) is 34.6 Å². The molecule has 1 aliphatic heterocycles. The highest BCUT2D eigenvalue weighted by Crippen LogP contribution is 2.38. The third-order valence-electron chi connectivity index (χ3n) is 6.67. The number of halogens is 2. The Bertz CT molecular complexity index is 1420. The number of benzene rings is 1. The van der Waals surface area contributed by atoms with E-state index >= 15 is 4.39 Å². The summed E-state index contributed by atoms with van der Waals surface area (Å²) in [5.74, 6) is -0.820. The minimum atomic E-state index is -4.18. The molecule has 1 aromatic carbocycles. The van der Waals surface area contributed by atoms with Crippen LogP contribution in [0.4, 0.5) is 15.0 Å². The number of anilines is 1. The zero-order valence-electron chi connectivity index (χ0n) is 20.7. The van der Waals surface area contributed by atoms with Crippen LogP contribution in [-0.2, 0) is 10.0 Å². The number of likely N-dealkylation sites (tertiary alicyclic amines) is 1. The van der Waals surface area contributed by atoms with Gasteiger partial charge in [0.15, 0.2) is 11.5 Å². The molecular weight excluding hydrogens is 509 g/mol. The summed E-state index contributed by atoms with van der Waals surface area (Å²) >= 11 is 6.18. The van der Waals surface area contributed by atoms with Crippen LogP contribution in [0.25, 0.3) is 11.0 Å². The first-order chi connectivity index (χ1) is 16.7. The van der Waals surface area contributed by atoms with Gasteiger partial charge in [-0.2, -0.15) is 9.97 Å². The average molecular weight is 538 g/mol. The van der Waals surface area contributed by atoms with Crippen LogP contribution < -0.4 is 5.32 Å². The van der Waals surface area contributed by atoms with E-state index in [1.54, 1.807) is 12.1 Å². The molecule has 194 valence electrons. The lowest BCUT2D eigenvalue weighted by Crippen LogP contribution is -2.61. The summed E-state index contributed by atoms with van der Waals surface area (Å²) in [6.07, 6.45) is 0.399. The van der Waals surface area contributed by atoms with Crippen molar-refractivity contribution in [2.75, 3.05) is 11.9 Å². The van der Waals surface area contributed by atoms with Crippen LogP contribution >= 0.6 is 11.6 Å². The van der Waals surface area contributed by atoms with Crippen molar-refractivity contribution in [3.8, 4) is 0 Å². The van der Waals surface area contributed by atoms with Crippen molar-refractivity contribution in [2.45, 2.75) is 58.0 Å². The van der Waals surface area contributed by atoms with Crippen LogP contribution in [0, 0.1) is 24.1 Å². The number of hydrogen-bond acceptors (Lipinski definition) is 6. The SMILES string of the molecule is Cc1ccc(S(=O)(=O)n2cc(F)c3c(N[C@H]4C(C(C)(C)C)N(C(=O)O)CC[C@H]4C)nc(Cl)nc32)cc1. The smallest absolute Gasteiger partial charge is 0.407 e. The third kappa shape index (κ3) is 4.61. The second-order valence-electron chi connectivity index (χ2n) is 10.4. The summed E-state index contributed by atoms with van der Waals surface area (Å²) < 4.78 is 42.8. The van der Waals surface area contributed by atoms with E-state index in [9.17, 15) is 18.3 Å². The lowest BCUT2D eigenvalue weighted by molar-refractivity contribution is 0.0345. The molecule has 0 saturated carbocycles. The van der Waals surface area contributed by atoms with E-state index in [0.717, 1.165) is 15.7 Å². The fraction of sp³-hybridized carbons (Fsp3) is 0.458. The van der Waals surface area contributed by atoms with E-state index < -0.39 is 39.4 Å². The topological polar surface area (TPSA) is 117 Å². The molecule has 1 aliphatic rings. The number of amides is 1. The Morgan fingerprint density at radius 1 is 1.22 bits per heavy atom. The first-order valence-corrected chi connectivity index (χ1v) is 13.4. The number of nitrogens with zero attached hydrogens (tertiary/aromatic N) is 4. The lowest BCUT2D eigenvalue weighted by atomic mass is 9.74. The van der Waals surface area contributed by atoms with Crippen LogP contribution in [0.1, 0.15) is 39.7 Å². The van der Waals surface area contributed by atoms with Gasteiger partial charge in [-0.25, -0.2) is 21.6 Å². The lowest BCUT2D eigenvalue weighted by Gasteiger charge is -2.49. The zero-order chi connectivity index (χ0) is 26.6. The maximum atomic E-state index is 15.3. The zero-order valence-corrected chi connectivity index (χ0v) is 22.2. The molecule has 0 radical (unpaired) electrons. The van der Waals surface area contributed by atoms with Crippen LogP contribution in [-0.4, -0.2) is 57.1 Å². The summed E-state index contributed by atoms with van der Waals surface area (Å²) in [6.45, 7) is 10.00. The minimum absolute atomic E-state index is 0.00931. The van der Waals surface area contributed by atoms with E-state index in [2.05, 4.69) is 15.3 Å². The Labute approximate surface area is 214 Å². The van der Waals surface area contributed by atoms with Crippen molar-refractivity contribution < 1.29 is 22.7 Å². The van der Waals surface area contributed by atoms with Crippen molar-refractivity contribution >= 4 is 44.6 Å². The van der Waals surface area contributed by atoms with Crippen molar-refractivity contribution in [1.82, 2.24) is 18.8 Å². The fourth-order valence-electron chi connectivity index (χ4n) is 4.91. The van der Waals surface area contributed by atoms with Gasteiger partial charge in [0.2, 0.25) is 5.28 Å². The van der Waals surface area contributed by atoms with Gasteiger partial charge < -0.3 is 15.3 Å². The Hall–Kier alpha value is -2.92. The number of aryl methyl sites for hydroxylation is 1. The van der Waals surface area contributed by atoms with Crippen molar-refractivity contribution in [1.29, 1.82) is 0 Å². The predicted octanol–water partition coefficient (Wildman–Crippen LogP) is 4.98. The van der Waals surface area contributed by atoms with Crippen LogP contribution in [0.15, 0.2) is 35.4 Å². The maximum absolute atomic E-state index is 15.3. The number of fused-ring (bicyclic) bond motifs is 1. The standard InChI is InChI=1S/C24H29ClFN5O4S/c1-13-6-8-15(9-7-13)36(34,35)31-12-16(26)17-20(28-22(25)29-21(17)31)27-18-14(2)10-11-30(23(32)33)19(18)24(3,4)5/h6-9,12,14,18-19H,10-11H2,1-5H3,(H,32,33)(H,27,28,29)/t14-,18-,19?/m1/s1. The molecule has 3 aromatic rings. The van der Waals surface area contributed by atoms with E-state index in [1.165, 1.54) is 17.0 Å². The second kappa shape index (κ2) is 9.19. The van der Waals surface area contributed by atoms with Crippen molar-refractivity contribution in [2.24, 2.45) is 11.3 Å². The minimum Gasteiger partial charge on any atom is -0.465 e. The van der Waals surface area contributed by atoms with E-state index in [4.69, 9.17) is 11.6 Å². The normalized spacial score (nSPS) is 21.1. The third-order valence-corrected chi connectivity index (χ3v) is 8.50. The molecule has 0 spiro atoms. The summed E-state index contributed by atoms with van der Waals surface area (Å²) in [6, 6.07) is 5.26. The monoisotopic (exact) mass is 537 g/mol. The fourth-order valence-corrected chi connectivity index (χ4v) is 6.37. The summed E-state index contributed by atoms with van der Waals surface area (Å²) in [5.41, 5.74) is 0.209. The summed E-state index contributed by atoms with van der Waals surface area (Å²) in [4.78, 5) is 21.6. The highest BCUT2D eigenvalue weighted by atomic mass is 35.5. The molecule has 9 nitrogen and oxygen atoms in total. The number of nitrogens with one attached hydrogen (secondary N) is 1. The molecule has 1 unspecified atom stereocenters. The van der Waals surface area contributed by atoms with Gasteiger partial charge in [-0.15, -0.1) is 0 Å². The van der Waals surface area contributed by atoms with Gasteiger partial charge in [0.05, 0.1) is 28.6 Å². The average Bonchev–Trinajstić information content (AvgIpc) is 3.11. The number of hydrogen-bond donors (Lipinski definition) is 2. The van der Waals surface area contributed by atoms with Crippen molar-refractivity contribution in [3.05, 3.63) is 47.1 Å². The molecule has 12 heteroatoms. The first kappa shape index (κ1) is 26.2. The quantitative estimate of drug-likeness (QED) is 0.450. The van der Waals surface area contributed by atoms with Gasteiger partial charge in [-0.05, 0) is 48.4 Å². The Balaban J connectivity index is 1.85. The highest BCUT2D eigenvalue weighted by Gasteiger charge is 2.45. The van der Waals surface area contributed by atoms with Crippen LogP contribution in [0.5, 0.6) is 0 Å². The molecule has 1 amide bonds. The van der Waals surface area contributed by atoms with Gasteiger partial charge in [0.25, 0.3) is 10.0 Å². The van der Waals surface area contributed by atoms with E-state index in [0.29, 0.717) is 13.0 Å². The number of rotatable bonds is 4. The molecule has 3 atom stereocenters. The van der Waals surface area contributed by atoms with Gasteiger partial charge in [0.1, 0.15) is 5.82 Å². The van der Waals surface area contributed by atoms with Gasteiger partial charge in [0, 0.05) is 6.54 Å². The molecule has 2 aromatic heterocycles. The first-order valence-electron chi connectivity index (χ1n) is 11.5. The van der Waals surface area contributed by atoms with Crippen LogP contribution in [0.3, 0.4) is 0 Å². The van der Waals surface area contributed by atoms with Gasteiger partial charge >= 0.3 is 6.09 Å². The van der Waals surface area contributed by atoms with Gasteiger partial charge in [-0.1, -0.05) is 45.4 Å². The number of aromatic nitrogens is 3. The van der Waals surface area contributed by atoms with E-state index in [-0.39, 0.29) is 32.9 Å². The Morgan fingerprint density at radius 2 is 1.86 bits per heavy atom. The molecule has 1 fully saturated rings. The molecule has 0 aliphatic carbocycles. The van der Waals surface area contributed by atoms with Crippen LogP contribution in [0.2, 0.25) is 5.28 Å². The second-order valence-corrected chi connectivity index (χ2v) is 12.5. The molecule has 36 heavy (non-hydrogen) atoms. The predicted molar refractivity (Wildman–Crippen MR) is 135 cm³/mol. The molecule has 2 N–H and O–H groups in total. The molecule has 0 bridgehead atoms. The number of carbonyl (C=O) groups is 1. The number of piperidine rings is 1. The largest absolute Gasteiger partial charge is 0.465 e. The maximum Gasteiger partial charge on any atom is 0.407 e. The number of carboxylic acid groups (broad SMARTS) is 1. The summed E-state index contributed by atoms with van der Waals surface area (Å²) in [5, 5.41) is 12.7.